The molecule has 0 saturated carbocycles. The summed E-state index contributed by atoms with van der Waals surface area (Å²) in [6.07, 6.45) is 0.731. The molecule has 0 aliphatic carbocycles. The molecule has 0 unspecified atom stereocenters. The number of aliphatic imine (C=N–C) groups is 2. The van der Waals surface area contributed by atoms with Crippen molar-refractivity contribution in [1.29, 1.82) is 0 Å². The number of phenolic OH excluding ortho intramolecular Hbond substituents is 5. The molecule has 434 valence electrons. The van der Waals surface area contributed by atoms with Crippen LogP contribution in [0.5, 0.6) is 28.7 Å². The van der Waals surface area contributed by atoms with Gasteiger partial charge in [0.15, 0.2) is 6.29 Å². The molecule has 0 radical (unpaired) electrons. The Labute approximate surface area is 514 Å². The zero-order chi connectivity index (χ0) is 60.5. The van der Waals surface area contributed by atoms with Crippen LogP contribution in [0.3, 0.4) is 0 Å². The summed E-state index contributed by atoms with van der Waals surface area (Å²) in [4.78, 5) is 47.2. The van der Waals surface area contributed by atoms with E-state index in [0.717, 1.165) is 67.9 Å². The van der Waals surface area contributed by atoms with E-state index >= 15 is 0 Å². The molecular weight excluding hydrogens is 1230 g/mol. The monoisotopic (exact) mass is 1290 g/mol. The second-order valence-electron chi connectivity index (χ2n) is 18.3. The highest BCUT2D eigenvalue weighted by atomic mass is 79.9. The standard InChI is InChI=1S/C17H14BrNO3S.C12H12N2OS.C11H13NO2S.C11H11NO2S.C11H9NO2S/c18-12-7-5-11(6-8-12)17(21)22-9-13-10-23-16(19-13)14-3-1-2-4-15(14)20;1-7(13)11-8(2)16-12(14-11)9-5-3-4-6-10(9)15;3*1-7-9(6-13)12-11(15-7)8-4-2-3-5-10(8)14/h1-8,13,20H,9-10H2;3-6,15H,1,13H2,2H3;2-5,7,9,13-14H,6H2,1H3;2-5,13-14H,6H2,1H3;2-6,14H,1H3/t13-;;7-,9+;;/m1.0../s1. The number of nitrogens with zero attached hydrogens (tertiary/aromatic N) is 5. The highest BCUT2D eigenvalue weighted by molar-refractivity contribution is 9.10. The minimum atomic E-state index is -0.353. The van der Waals surface area contributed by atoms with E-state index in [1.165, 1.54) is 34.0 Å². The van der Waals surface area contributed by atoms with Gasteiger partial charge in [-0.1, -0.05) is 90.1 Å². The number of aldehydes is 1. The number of aromatic hydroxyl groups is 5. The number of nitrogens with two attached hydrogens (primary N) is 1. The highest BCUT2D eigenvalue weighted by Gasteiger charge is 2.28. The summed E-state index contributed by atoms with van der Waals surface area (Å²) >= 11 is 10.9. The Hall–Kier alpha value is -7.67. The zero-order valence-electron chi connectivity index (χ0n) is 45.8. The number of carbonyl (C=O) groups excluding carboxylic acids is 2. The maximum Gasteiger partial charge on any atom is 0.338 e. The van der Waals surface area contributed by atoms with Gasteiger partial charge in [0.1, 0.15) is 66.2 Å². The average molecular weight is 1290 g/mol. The molecule has 2 aliphatic rings. The zero-order valence-corrected chi connectivity index (χ0v) is 51.5. The Morgan fingerprint density at radius 3 is 1.51 bits per heavy atom. The molecule has 11 rings (SSSR count). The number of halogens is 1. The molecule has 2 aliphatic heterocycles. The van der Waals surface area contributed by atoms with Crippen LogP contribution in [0.4, 0.5) is 0 Å². The number of aryl methyl sites for hydroxylation is 3. The number of hydrogen-bond donors (Lipinski definition) is 8. The van der Waals surface area contributed by atoms with Gasteiger partial charge in [0.2, 0.25) is 0 Å². The fourth-order valence-electron chi connectivity index (χ4n) is 7.76. The summed E-state index contributed by atoms with van der Waals surface area (Å²) in [7, 11) is 0. The van der Waals surface area contributed by atoms with Gasteiger partial charge in [0.05, 0.1) is 64.6 Å². The number of aliphatic hydroxyl groups excluding tert-OH is 2. The van der Waals surface area contributed by atoms with Gasteiger partial charge >= 0.3 is 5.97 Å². The number of rotatable bonds is 12. The van der Waals surface area contributed by atoms with Crippen molar-refractivity contribution >= 4 is 102 Å². The maximum absolute atomic E-state index is 12.0. The molecule has 0 amide bonds. The molecule has 3 atom stereocenters. The van der Waals surface area contributed by atoms with Crippen LogP contribution in [0.25, 0.3) is 37.4 Å². The lowest BCUT2D eigenvalue weighted by Gasteiger charge is -2.07. The number of phenols is 5. The van der Waals surface area contributed by atoms with Crippen LogP contribution in [0.2, 0.25) is 0 Å². The third kappa shape index (κ3) is 17.0. The van der Waals surface area contributed by atoms with Gasteiger partial charge in [0.25, 0.3) is 0 Å². The van der Waals surface area contributed by atoms with Gasteiger partial charge < -0.3 is 46.2 Å². The van der Waals surface area contributed by atoms with E-state index < -0.39 is 0 Å². The Kier molecular flexibility index (Phi) is 23.4. The van der Waals surface area contributed by atoms with Gasteiger partial charge in [-0.05, 0) is 106 Å². The molecule has 16 nitrogen and oxygen atoms in total. The van der Waals surface area contributed by atoms with Crippen LogP contribution >= 0.6 is 73.5 Å². The van der Waals surface area contributed by atoms with Crippen molar-refractivity contribution in [3.8, 4) is 60.5 Å². The minimum absolute atomic E-state index is 0.0513. The molecule has 84 heavy (non-hydrogen) atoms. The lowest BCUT2D eigenvalue weighted by Crippen LogP contribution is -2.17. The number of aliphatic hydroxyl groups is 2. The molecular formula is C62H59BrN6O10S5. The van der Waals surface area contributed by atoms with E-state index in [1.54, 1.807) is 115 Å². The molecule has 3 aromatic heterocycles. The van der Waals surface area contributed by atoms with Crippen molar-refractivity contribution in [2.45, 2.75) is 51.6 Å². The lowest BCUT2D eigenvalue weighted by atomic mass is 10.2. The summed E-state index contributed by atoms with van der Waals surface area (Å²) in [6.45, 7) is 11.6. The number of hydrogen-bond acceptors (Lipinski definition) is 21. The summed E-state index contributed by atoms with van der Waals surface area (Å²) in [5.74, 6) is 1.47. The fraction of sp³-hybridized carbons (Fsp3) is 0.177. The molecule has 0 bridgehead atoms. The Morgan fingerprint density at radius 1 is 0.631 bits per heavy atom. The van der Waals surface area contributed by atoms with E-state index in [1.807, 2.05) is 82.3 Å². The highest BCUT2D eigenvalue weighted by Crippen LogP contribution is 2.37. The Morgan fingerprint density at radius 2 is 1.08 bits per heavy atom. The fourth-order valence-corrected chi connectivity index (χ4v) is 13.1. The predicted molar refractivity (Wildman–Crippen MR) is 344 cm³/mol. The topological polar surface area (TPSA) is 274 Å². The lowest BCUT2D eigenvalue weighted by molar-refractivity contribution is 0.0490. The molecule has 9 N–H and O–H groups in total. The van der Waals surface area contributed by atoms with E-state index in [2.05, 4.69) is 47.4 Å². The predicted octanol–water partition coefficient (Wildman–Crippen LogP) is 13.2. The number of esters is 1. The molecule has 9 aromatic rings. The first kappa shape index (κ1) is 63.9. The van der Waals surface area contributed by atoms with E-state index in [0.29, 0.717) is 44.5 Å². The number of thioether (sulfide) groups is 2. The largest absolute Gasteiger partial charge is 0.507 e. The van der Waals surface area contributed by atoms with Gasteiger partial charge in [0, 0.05) is 41.2 Å². The molecule has 0 fully saturated rings. The van der Waals surface area contributed by atoms with Crippen LogP contribution in [0.15, 0.2) is 167 Å². The molecule has 0 spiro atoms. The van der Waals surface area contributed by atoms with Gasteiger partial charge in [-0.25, -0.2) is 19.7 Å². The summed E-state index contributed by atoms with van der Waals surface area (Å²) in [5, 5.41) is 70.7. The van der Waals surface area contributed by atoms with Gasteiger partial charge in [-0.15, -0.1) is 57.5 Å². The Balaban J connectivity index is 0.000000152. The quantitative estimate of drug-likeness (QED) is 0.0417. The molecule has 0 saturated heterocycles. The van der Waals surface area contributed by atoms with Crippen molar-refractivity contribution in [3.05, 3.63) is 205 Å². The van der Waals surface area contributed by atoms with Crippen LogP contribution in [0.1, 0.15) is 64.9 Å². The normalized spacial score (nSPS) is 14.8. The van der Waals surface area contributed by atoms with Crippen LogP contribution in [-0.2, 0) is 11.3 Å². The third-order valence-corrected chi connectivity index (χ3v) is 18.3. The minimum Gasteiger partial charge on any atom is -0.507 e. The van der Waals surface area contributed by atoms with Crippen LogP contribution < -0.4 is 5.73 Å². The summed E-state index contributed by atoms with van der Waals surface area (Å²) < 4.78 is 6.24. The first-order valence-electron chi connectivity index (χ1n) is 25.7. The smallest absolute Gasteiger partial charge is 0.338 e. The van der Waals surface area contributed by atoms with Crippen LogP contribution in [0, 0.1) is 20.8 Å². The van der Waals surface area contributed by atoms with E-state index in [4.69, 9.17) is 20.7 Å². The van der Waals surface area contributed by atoms with Crippen LogP contribution in [-0.4, -0.2) is 109 Å². The third-order valence-electron chi connectivity index (χ3n) is 12.3. The van der Waals surface area contributed by atoms with Gasteiger partial charge in [-0.3, -0.25) is 14.8 Å². The number of carbonyl (C=O) groups is 2. The SMILES string of the molecule is C=C(N)c1nc(-c2ccccc2O)sc1C.C[C@@H]1SC(c2ccccc2O)=N[C@@H]1CO.Cc1sc(-c2ccccc2O)nc1C=O.Cc1sc(-c2ccccc2O)nc1CO.O=C(OC[C@@H]1CSC(c2ccccc2O)=N1)c1ccc(Br)cc1. The maximum atomic E-state index is 12.0. The van der Waals surface area contributed by atoms with E-state index in [-0.39, 0.29) is 71.9 Å². The van der Waals surface area contributed by atoms with Crippen molar-refractivity contribution < 1.29 is 50.1 Å². The molecule has 5 heterocycles. The summed E-state index contributed by atoms with van der Waals surface area (Å²) in [5.41, 5.74) is 12.0. The first-order valence-corrected chi connectivity index (χ1v) is 30.8. The number of aromatic nitrogens is 3. The van der Waals surface area contributed by atoms with Crippen molar-refractivity contribution in [1.82, 2.24) is 15.0 Å². The molecule has 6 aromatic carbocycles. The number of thiazole rings is 3. The first-order chi connectivity index (χ1) is 40.4. The summed E-state index contributed by atoms with van der Waals surface area (Å²) in [6, 6.07) is 42.3. The van der Waals surface area contributed by atoms with Gasteiger partial charge in [-0.2, -0.15) is 0 Å². The van der Waals surface area contributed by atoms with E-state index in [9.17, 15) is 35.1 Å². The van der Waals surface area contributed by atoms with Crippen molar-refractivity contribution in [2.24, 2.45) is 15.7 Å². The molecule has 22 heteroatoms. The van der Waals surface area contributed by atoms with Crippen molar-refractivity contribution in [2.75, 3.05) is 19.0 Å². The second kappa shape index (κ2) is 30.8. The number of para-hydroxylation sites is 5. The second-order valence-corrected chi connectivity index (χ2v) is 25.2. The Bertz CT molecular complexity index is 3790. The number of benzene rings is 6. The number of ether oxygens (including phenoxy) is 1. The average Bonchev–Trinajstić information content (AvgIpc) is 4.49. The van der Waals surface area contributed by atoms with Crippen molar-refractivity contribution in [3.63, 3.8) is 0 Å².